The molecule has 0 radical (unpaired) electrons. The predicted octanol–water partition coefficient (Wildman–Crippen LogP) is 3.53. The van der Waals surface area contributed by atoms with Gasteiger partial charge < -0.3 is 9.73 Å². The fourth-order valence-corrected chi connectivity index (χ4v) is 2.06. The third-order valence-electron chi connectivity index (χ3n) is 3.01. The van der Waals surface area contributed by atoms with Gasteiger partial charge in [0, 0.05) is 11.8 Å². The molecule has 7 heteroatoms. The molecule has 0 spiro atoms. The summed E-state index contributed by atoms with van der Waals surface area (Å²) in [6.45, 7) is 2.99. The number of hydrogen-bond donors (Lipinski definition) is 1. The molecule has 0 aliphatic rings. The summed E-state index contributed by atoms with van der Waals surface area (Å²) in [5.74, 6) is -0.535. The van der Waals surface area contributed by atoms with Gasteiger partial charge in [-0.3, -0.25) is 4.79 Å². The van der Waals surface area contributed by atoms with Crippen molar-refractivity contribution in [2.75, 3.05) is 5.32 Å². The Balaban J connectivity index is 2.32. The molecule has 4 nitrogen and oxygen atoms in total. The van der Waals surface area contributed by atoms with Crippen molar-refractivity contribution in [3.8, 4) is 0 Å². The van der Waals surface area contributed by atoms with E-state index in [0.717, 1.165) is 18.2 Å². The van der Waals surface area contributed by atoms with E-state index in [1.165, 1.54) is 19.1 Å². The van der Waals surface area contributed by atoms with Gasteiger partial charge in [0.2, 0.25) is 0 Å². The zero-order valence-corrected chi connectivity index (χ0v) is 11.7. The molecule has 0 bridgehead atoms. The van der Waals surface area contributed by atoms with E-state index in [2.05, 4.69) is 5.32 Å². The summed E-state index contributed by atoms with van der Waals surface area (Å²) < 4.78 is 42.7. The lowest BCUT2D eigenvalue weighted by Gasteiger charge is -2.11. The second-order valence-corrected chi connectivity index (χ2v) is 4.71. The lowest BCUT2D eigenvalue weighted by atomic mass is 10.1. The van der Waals surface area contributed by atoms with Crippen LogP contribution < -0.4 is 10.9 Å². The van der Waals surface area contributed by atoms with E-state index < -0.39 is 23.3 Å². The second kappa shape index (κ2) is 5.67. The van der Waals surface area contributed by atoms with Gasteiger partial charge in [-0.05, 0) is 37.6 Å². The molecule has 1 heterocycles. The summed E-state index contributed by atoms with van der Waals surface area (Å²) in [6.07, 6.45) is -4.49. The zero-order chi connectivity index (χ0) is 16.5. The summed E-state index contributed by atoms with van der Waals surface area (Å²) in [5.41, 5.74) is -0.941. The maximum atomic E-state index is 12.6. The summed E-state index contributed by atoms with van der Waals surface area (Å²) in [5, 5.41) is 2.37. The third kappa shape index (κ3) is 3.36. The Bertz CT molecular complexity index is 752. The quantitative estimate of drug-likeness (QED) is 0.923. The zero-order valence-electron chi connectivity index (χ0n) is 11.7. The lowest BCUT2D eigenvalue weighted by Crippen LogP contribution is -2.17. The van der Waals surface area contributed by atoms with Gasteiger partial charge in [0.25, 0.3) is 5.91 Å². The predicted molar refractivity (Wildman–Crippen MR) is 73.8 cm³/mol. The SMILES string of the molecule is Cc1cc(=O)oc(C)c1C(=O)Nc1cccc(C(F)(F)F)c1. The highest BCUT2D eigenvalue weighted by Crippen LogP contribution is 2.30. The van der Waals surface area contributed by atoms with Crippen LogP contribution in [0.25, 0.3) is 0 Å². The molecule has 1 aromatic carbocycles. The number of rotatable bonds is 2. The average molecular weight is 311 g/mol. The molecule has 0 fully saturated rings. The van der Waals surface area contributed by atoms with Crippen LogP contribution in [-0.2, 0) is 6.18 Å². The van der Waals surface area contributed by atoms with Crippen molar-refractivity contribution in [2.24, 2.45) is 0 Å². The first-order valence-electron chi connectivity index (χ1n) is 6.28. The van der Waals surface area contributed by atoms with Crippen LogP contribution in [0, 0.1) is 13.8 Å². The molecule has 0 saturated heterocycles. The Kier molecular flexibility index (Phi) is 4.07. The first kappa shape index (κ1) is 15.8. The maximum absolute atomic E-state index is 12.6. The molecule has 22 heavy (non-hydrogen) atoms. The van der Waals surface area contributed by atoms with Gasteiger partial charge in [0.05, 0.1) is 11.1 Å². The number of amides is 1. The van der Waals surface area contributed by atoms with Gasteiger partial charge in [-0.1, -0.05) is 6.07 Å². The van der Waals surface area contributed by atoms with Gasteiger partial charge >= 0.3 is 11.8 Å². The van der Waals surface area contributed by atoms with Gasteiger partial charge in [0.1, 0.15) is 5.76 Å². The van der Waals surface area contributed by atoms with Gasteiger partial charge in [0.15, 0.2) is 0 Å². The maximum Gasteiger partial charge on any atom is 0.416 e. The highest BCUT2D eigenvalue weighted by atomic mass is 19.4. The smallest absolute Gasteiger partial charge is 0.416 e. The number of benzene rings is 1. The average Bonchev–Trinajstić information content (AvgIpc) is 2.36. The fraction of sp³-hybridized carbons (Fsp3) is 0.200. The Labute approximate surface area is 123 Å². The summed E-state index contributed by atoms with van der Waals surface area (Å²) in [7, 11) is 0. The Hall–Kier alpha value is -2.57. The van der Waals surface area contributed by atoms with Crippen molar-refractivity contribution in [2.45, 2.75) is 20.0 Å². The highest BCUT2D eigenvalue weighted by Gasteiger charge is 2.30. The van der Waals surface area contributed by atoms with Crippen LogP contribution in [-0.4, -0.2) is 5.91 Å². The minimum Gasteiger partial charge on any atom is -0.427 e. The van der Waals surface area contributed by atoms with E-state index in [0.29, 0.717) is 5.56 Å². The van der Waals surface area contributed by atoms with Crippen LogP contribution in [0.1, 0.15) is 27.2 Å². The van der Waals surface area contributed by atoms with Crippen LogP contribution in [0.5, 0.6) is 0 Å². The molecule has 0 aliphatic carbocycles. The van der Waals surface area contributed by atoms with Crippen LogP contribution in [0.2, 0.25) is 0 Å². The van der Waals surface area contributed by atoms with Crippen molar-refractivity contribution in [3.05, 3.63) is 63.2 Å². The van der Waals surface area contributed by atoms with E-state index in [-0.39, 0.29) is 17.0 Å². The highest BCUT2D eigenvalue weighted by molar-refractivity contribution is 6.05. The number of nitrogens with one attached hydrogen (secondary N) is 1. The largest absolute Gasteiger partial charge is 0.427 e. The molecule has 2 aromatic rings. The number of anilines is 1. The molecule has 1 aromatic heterocycles. The topological polar surface area (TPSA) is 59.3 Å². The molecule has 116 valence electrons. The molecule has 1 N–H and O–H groups in total. The molecular formula is C15H12F3NO3. The normalized spacial score (nSPS) is 11.3. The molecule has 0 saturated carbocycles. The number of aryl methyl sites for hydroxylation is 2. The van der Waals surface area contributed by atoms with Gasteiger partial charge in [-0.25, -0.2) is 4.79 Å². The van der Waals surface area contributed by atoms with Crippen LogP contribution in [0.15, 0.2) is 39.5 Å². The number of carbonyl (C=O) groups is 1. The van der Waals surface area contributed by atoms with Gasteiger partial charge in [-0.15, -0.1) is 0 Å². The number of carbonyl (C=O) groups excluding carboxylic acids is 1. The summed E-state index contributed by atoms with van der Waals surface area (Å²) >= 11 is 0. The molecule has 0 unspecified atom stereocenters. The monoisotopic (exact) mass is 311 g/mol. The third-order valence-corrected chi connectivity index (χ3v) is 3.01. The van der Waals surface area contributed by atoms with Crippen molar-refractivity contribution in [3.63, 3.8) is 0 Å². The van der Waals surface area contributed by atoms with Crippen molar-refractivity contribution in [1.29, 1.82) is 0 Å². The first-order chi connectivity index (χ1) is 10.2. The lowest BCUT2D eigenvalue weighted by molar-refractivity contribution is -0.137. The van der Waals surface area contributed by atoms with Gasteiger partial charge in [-0.2, -0.15) is 13.2 Å². The van der Waals surface area contributed by atoms with E-state index in [1.807, 2.05) is 0 Å². The second-order valence-electron chi connectivity index (χ2n) is 4.71. The Morgan fingerprint density at radius 1 is 1.18 bits per heavy atom. The summed E-state index contributed by atoms with van der Waals surface area (Å²) in [6, 6.07) is 5.43. The van der Waals surface area contributed by atoms with Crippen molar-refractivity contribution < 1.29 is 22.4 Å². The summed E-state index contributed by atoms with van der Waals surface area (Å²) in [4.78, 5) is 23.3. The first-order valence-corrected chi connectivity index (χ1v) is 6.28. The molecule has 0 atom stereocenters. The van der Waals surface area contributed by atoms with E-state index in [9.17, 15) is 22.8 Å². The standard InChI is InChI=1S/C15H12F3NO3/c1-8-6-12(20)22-9(2)13(8)14(21)19-11-5-3-4-10(7-11)15(16,17)18/h3-7H,1-2H3,(H,19,21). The van der Waals surface area contributed by atoms with E-state index in [4.69, 9.17) is 4.42 Å². The number of alkyl halides is 3. The van der Waals surface area contributed by atoms with Crippen LogP contribution in [0.3, 0.4) is 0 Å². The molecule has 2 rings (SSSR count). The molecular weight excluding hydrogens is 299 g/mol. The van der Waals surface area contributed by atoms with E-state index in [1.54, 1.807) is 6.92 Å². The number of hydrogen-bond acceptors (Lipinski definition) is 3. The van der Waals surface area contributed by atoms with Crippen LogP contribution >= 0.6 is 0 Å². The van der Waals surface area contributed by atoms with Crippen molar-refractivity contribution >= 4 is 11.6 Å². The number of halogens is 3. The minimum absolute atomic E-state index is 0.00447. The Morgan fingerprint density at radius 3 is 2.45 bits per heavy atom. The molecule has 0 aliphatic heterocycles. The minimum atomic E-state index is -4.49. The van der Waals surface area contributed by atoms with Crippen LogP contribution in [0.4, 0.5) is 18.9 Å². The Morgan fingerprint density at radius 2 is 1.86 bits per heavy atom. The van der Waals surface area contributed by atoms with Crippen molar-refractivity contribution in [1.82, 2.24) is 0 Å². The molecule has 1 amide bonds. The van der Waals surface area contributed by atoms with E-state index >= 15 is 0 Å². The fourth-order valence-electron chi connectivity index (χ4n) is 2.06.